The molecule has 2 atom stereocenters. The molecule has 3 rings (SSSR count). The Bertz CT molecular complexity index is 923. The van der Waals surface area contributed by atoms with E-state index in [1.165, 1.54) is 6.07 Å². The van der Waals surface area contributed by atoms with Crippen LogP contribution in [0.25, 0.3) is 0 Å². The zero-order chi connectivity index (χ0) is 22.1. The summed E-state index contributed by atoms with van der Waals surface area (Å²) in [7, 11) is 0. The Morgan fingerprint density at radius 2 is 1.73 bits per heavy atom. The predicted octanol–water partition coefficient (Wildman–Crippen LogP) is 4.39. The number of carbonyl (C=O) groups is 2. The summed E-state index contributed by atoms with van der Waals surface area (Å²) in [5.41, 5.74) is 1.16. The number of likely N-dealkylation sites (tertiary alicyclic amines) is 1. The van der Waals surface area contributed by atoms with E-state index < -0.39 is 23.6 Å². The zero-order valence-corrected chi connectivity index (χ0v) is 17.2. The van der Waals surface area contributed by atoms with Crippen molar-refractivity contribution in [1.29, 1.82) is 0 Å². The SMILES string of the molecule is Cc1ccc(C(=O)N2CC(C(=O)NC(C)C)C(c3cccc(C(F)(F)F)c3)C2)cc1. The quantitative estimate of drug-likeness (QED) is 0.801. The van der Waals surface area contributed by atoms with E-state index in [2.05, 4.69) is 5.32 Å². The first kappa shape index (κ1) is 21.9. The molecule has 1 saturated heterocycles. The molecule has 1 fully saturated rings. The van der Waals surface area contributed by atoms with Gasteiger partial charge < -0.3 is 10.2 Å². The Balaban J connectivity index is 1.92. The van der Waals surface area contributed by atoms with Gasteiger partial charge in [0.1, 0.15) is 0 Å². The summed E-state index contributed by atoms with van der Waals surface area (Å²) in [6, 6.07) is 12.0. The van der Waals surface area contributed by atoms with Crippen LogP contribution < -0.4 is 5.32 Å². The van der Waals surface area contributed by atoms with Crippen molar-refractivity contribution in [3.63, 3.8) is 0 Å². The van der Waals surface area contributed by atoms with Gasteiger partial charge >= 0.3 is 6.18 Å². The number of carbonyl (C=O) groups excluding carboxylic acids is 2. The fourth-order valence-electron chi connectivity index (χ4n) is 3.79. The van der Waals surface area contributed by atoms with E-state index in [1.54, 1.807) is 23.1 Å². The summed E-state index contributed by atoms with van der Waals surface area (Å²) in [6.45, 7) is 5.90. The van der Waals surface area contributed by atoms with Crippen LogP contribution in [0.1, 0.15) is 46.8 Å². The molecule has 1 aliphatic heterocycles. The van der Waals surface area contributed by atoms with Crippen molar-refractivity contribution in [1.82, 2.24) is 10.2 Å². The molecule has 30 heavy (non-hydrogen) atoms. The van der Waals surface area contributed by atoms with Crippen LogP contribution in [0, 0.1) is 12.8 Å². The smallest absolute Gasteiger partial charge is 0.354 e. The molecular weight excluding hydrogens is 393 g/mol. The number of alkyl halides is 3. The first-order chi connectivity index (χ1) is 14.1. The molecule has 2 aromatic rings. The van der Waals surface area contributed by atoms with Crippen LogP contribution in [0.5, 0.6) is 0 Å². The molecule has 1 heterocycles. The number of halogens is 3. The van der Waals surface area contributed by atoms with Gasteiger partial charge in [-0.3, -0.25) is 9.59 Å². The maximum atomic E-state index is 13.2. The monoisotopic (exact) mass is 418 g/mol. The van der Waals surface area contributed by atoms with E-state index >= 15 is 0 Å². The number of aryl methyl sites for hydroxylation is 1. The topological polar surface area (TPSA) is 49.4 Å². The second-order valence-electron chi connectivity index (χ2n) is 8.08. The fraction of sp³-hybridized carbons (Fsp3) is 0.391. The maximum absolute atomic E-state index is 13.2. The Labute approximate surface area is 174 Å². The average Bonchev–Trinajstić information content (AvgIpc) is 3.12. The van der Waals surface area contributed by atoms with Crippen LogP contribution in [0.4, 0.5) is 13.2 Å². The number of hydrogen-bond acceptors (Lipinski definition) is 2. The molecule has 2 unspecified atom stereocenters. The molecule has 7 heteroatoms. The van der Waals surface area contributed by atoms with Crippen molar-refractivity contribution in [3.8, 4) is 0 Å². The van der Waals surface area contributed by atoms with Crippen molar-refractivity contribution in [2.45, 2.75) is 38.9 Å². The van der Waals surface area contributed by atoms with Crippen LogP contribution in [0.3, 0.4) is 0 Å². The number of amides is 2. The molecule has 2 aromatic carbocycles. The highest BCUT2D eigenvalue weighted by atomic mass is 19.4. The second-order valence-corrected chi connectivity index (χ2v) is 8.08. The van der Waals surface area contributed by atoms with E-state index in [9.17, 15) is 22.8 Å². The molecule has 160 valence electrons. The fourth-order valence-corrected chi connectivity index (χ4v) is 3.79. The summed E-state index contributed by atoms with van der Waals surface area (Å²) in [4.78, 5) is 27.3. The van der Waals surface area contributed by atoms with Crippen LogP contribution in [0.15, 0.2) is 48.5 Å². The predicted molar refractivity (Wildman–Crippen MR) is 108 cm³/mol. The minimum atomic E-state index is -4.47. The minimum absolute atomic E-state index is 0.110. The first-order valence-electron chi connectivity index (χ1n) is 9.89. The third-order valence-electron chi connectivity index (χ3n) is 5.32. The second kappa shape index (κ2) is 8.50. The molecule has 0 bridgehead atoms. The molecule has 0 saturated carbocycles. The third kappa shape index (κ3) is 4.83. The number of hydrogen-bond donors (Lipinski definition) is 1. The van der Waals surface area contributed by atoms with E-state index in [4.69, 9.17) is 0 Å². The molecule has 0 aromatic heterocycles. The van der Waals surface area contributed by atoms with Crippen LogP contribution in [0.2, 0.25) is 0 Å². The van der Waals surface area contributed by atoms with Crippen molar-refractivity contribution in [2.24, 2.45) is 5.92 Å². The Morgan fingerprint density at radius 1 is 1.07 bits per heavy atom. The highest BCUT2D eigenvalue weighted by Gasteiger charge is 2.41. The molecule has 2 amide bonds. The third-order valence-corrected chi connectivity index (χ3v) is 5.32. The largest absolute Gasteiger partial charge is 0.416 e. The van der Waals surface area contributed by atoms with E-state index in [1.807, 2.05) is 32.9 Å². The lowest BCUT2D eigenvalue weighted by Gasteiger charge is -2.20. The highest BCUT2D eigenvalue weighted by Crippen LogP contribution is 2.37. The highest BCUT2D eigenvalue weighted by molar-refractivity contribution is 5.95. The summed E-state index contributed by atoms with van der Waals surface area (Å²) in [5.74, 6) is -1.62. The van der Waals surface area contributed by atoms with Gasteiger partial charge in [-0.25, -0.2) is 0 Å². The summed E-state index contributed by atoms with van der Waals surface area (Å²) < 4.78 is 39.6. The van der Waals surface area contributed by atoms with Gasteiger partial charge in [-0.15, -0.1) is 0 Å². The van der Waals surface area contributed by atoms with Crippen molar-refractivity contribution >= 4 is 11.8 Å². The van der Waals surface area contributed by atoms with Crippen LogP contribution >= 0.6 is 0 Å². The van der Waals surface area contributed by atoms with Gasteiger partial charge in [0, 0.05) is 30.6 Å². The van der Waals surface area contributed by atoms with Crippen molar-refractivity contribution < 1.29 is 22.8 Å². The molecule has 0 spiro atoms. The number of benzene rings is 2. The van der Waals surface area contributed by atoms with Gasteiger partial charge in [-0.2, -0.15) is 13.2 Å². The van der Waals surface area contributed by atoms with Gasteiger partial charge in [0.25, 0.3) is 5.91 Å². The van der Waals surface area contributed by atoms with E-state index in [0.717, 1.165) is 17.7 Å². The first-order valence-corrected chi connectivity index (χ1v) is 9.89. The lowest BCUT2D eigenvalue weighted by atomic mass is 9.87. The average molecular weight is 418 g/mol. The van der Waals surface area contributed by atoms with Gasteiger partial charge in [-0.05, 0) is 44.5 Å². The Kier molecular flexibility index (Phi) is 6.19. The molecule has 0 aliphatic carbocycles. The lowest BCUT2D eigenvalue weighted by Crippen LogP contribution is -2.39. The van der Waals surface area contributed by atoms with E-state index in [-0.39, 0.29) is 30.9 Å². The minimum Gasteiger partial charge on any atom is -0.354 e. The molecule has 1 N–H and O–H groups in total. The van der Waals surface area contributed by atoms with Crippen LogP contribution in [-0.2, 0) is 11.0 Å². The zero-order valence-electron chi connectivity index (χ0n) is 17.2. The van der Waals surface area contributed by atoms with Crippen molar-refractivity contribution in [3.05, 3.63) is 70.8 Å². The Hall–Kier alpha value is -2.83. The standard InChI is InChI=1S/C23H25F3N2O2/c1-14(2)27-21(29)20-13-28(22(30)16-9-7-15(3)8-10-16)12-19(20)17-5-4-6-18(11-17)23(24,25)26/h4-11,14,19-20H,12-13H2,1-3H3,(H,27,29). The maximum Gasteiger partial charge on any atom is 0.416 e. The normalized spacial score (nSPS) is 19.2. The summed E-state index contributed by atoms with van der Waals surface area (Å²) in [6.07, 6.45) is -4.47. The number of nitrogens with one attached hydrogen (secondary N) is 1. The molecule has 4 nitrogen and oxygen atoms in total. The number of nitrogens with zero attached hydrogens (tertiary/aromatic N) is 1. The lowest BCUT2D eigenvalue weighted by molar-refractivity contribution is -0.137. The Morgan fingerprint density at radius 3 is 2.33 bits per heavy atom. The van der Waals surface area contributed by atoms with Crippen LogP contribution in [-0.4, -0.2) is 35.8 Å². The summed E-state index contributed by atoms with van der Waals surface area (Å²) >= 11 is 0. The van der Waals surface area contributed by atoms with Gasteiger partial charge in [0.2, 0.25) is 5.91 Å². The summed E-state index contributed by atoms with van der Waals surface area (Å²) in [5, 5.41) is 2.84. The van der Waals surface area contributed by atoms with Gasteiger partial charge in [-0.1, -0.05) is 35.9 Å². The molecular formula is C23H25F3N2O2. The van der Waals surface area contributed by atoms with Crippen molar-refractivity contribution in [2.75, 3.05) is 13.1 Å². The van der Waals surface area contributed by atoms with E-state index in [0.29, 0.717) is 11.1 Å². The molecule has 1 aliphatic rings. The van der Waals surface area contributed by atoms with Gasteiger partial charge in [0.05, 0.1) is 11.5 Å². The molecule has 0 radical (unpaired) electrons. The van der Waals surface area contributed by atoms with Gasteiger partial charge in [0.15, 0.2) is 0 Å². The number of rotatable bonds is 4.